The highest BCUT2D eigenvalue weighted by Gasteiger charge is 2.44. The Balaban J connectivity index is 1.46. The van der Waals surface area contributed by atoms with E-state index in [1.807, 2.05) is 6.07 Å². The van der Waals surface area contributed by atoms with Crippen LogP contribution < -0.4 is 4.72 Å². The fourth-order valence-corrected chi connectivity index (χ4v) is 5.95. The fourth-order valence-electron chi connectivity index (χ4n) is 4.98. The highest BCUT2D eigenvalue weighted by Crippen LogP contribution is 2.36. The van der Waals surface area contributed by atoms with Crippen molar-refractivity contribution < 1.29 is 27.1 Å². The Kier molecular flexibility index (Phi) is 6.31. The van der Waals surface area contributed by atoms with Gasteiger partial charge in [-0.05, 0) is 65.3 Å². The van der Waals surface area contributed by atoms with Gasteiger partial charge in [0.05, 0.1) is 25.3 Å². The molecule has 1 aromatic carbocycles. The first-order chi connectivity index (χ1) is 17.7. The largest absolute Gasteiger partial charge is 0.374 e. The zero-order valence-electron chi connectivity index (χ0n) is 20.2. The zero-order chi connectivity index (χ0) is 26.4. The molecule has 1 aliphatic carbocycles. The SMILES string of the molecule is COC1(c2cc(S(=O)(=O)NC(=O)Cc3c(-c4ccnc(C#N)c4)cc(F)c4c3CCC4)nn2C)COC1. The van der Waals surface area contributed by atoms with Crippen LogP contribution in [0.3, 0.4) is 0 Å². The van der Waals surface area contributed by atoms with E-state index in [-0.39, 0.29) is 36.2 Å². The van der Waals surface area contributed by atoms with Gasteiger partial charge in [-0.3, -0.25) is 9.48 Å². The van der Waals surface area contributed by atoms with Crippen LogP contribution in [-0.2, 0) is 56.2 Å². The van der Waals surface area contributed by atoms with Crippen molar-refractivity contribution in [3.63, 3.8) is 0 Å². The Hall–Kier alpha value is -3.66. The summed E-state index contributed by atoms with van der Waals surface area (Å²) >= 11 is 0. The van der Waals surface area contributed by atoms with Crippen molar-refractivity contribution >= 4 is 15.9 Å². The third-order valence-electron chi connectivity index (χ3n) is 6.90. The van der Waals surface area contributed by atoms with Gasteiger partial charge in [0.25, 0.3) is 10.0 Å². The maximum Gasteiger partial charge on any atom is 0.283 e. The van der Waals surface area contributed by atoms with Crippen LogP contribution in [-0.4, -0.2) is 49.4 Å². The molecule has 0 atom stereocenters. The lowest BCUT2D eigenvalue weighted by molar-refractivity contribution is -0.206. The summed E-state index contributed by atoms with van der Waals surface area (Å²) in [6.45, 7) is 0.520. The van der Waals surface area contributed by atoms with Crippen LogP contribution in [0.1, 0.15) is 34.5 Å². The molecule has 2 aliphatic rings. The number of fused-ring (bicyclic) bond motifs is 1. The summed E-state index contributed by atoms with van der Waals surface area (Å²) in [5.74, 6) is -1.17. The van der Waals surface area contributed by atoms with Gasteiger partial charge in [0.2, 0.25) is 5.91 Å². The minimum Gasteiger partial charge on any atom is -0.374 e. The second-order valence-electron chi connectivity index (χ2n) is 9.12. The number of ether oxygens (including phenoxy) is 2. The molecule has 0 unspecified atom stereocenters. The topological polar surface area (TPSA) is 136 Å². The zero-order valence-corrected chi connectivity index (χ0v) is 21.1. The summed E-state index contributed by atoms with van der Waals surface area (Å²) in [6, 6.07) is 7.80. The maximum atomic E-state index is 14.9. The van der Waals surface area contributed by atoms with Crippen molar-refractivity contribution in [3.05, 3.63) is 64.4 Å². The first-order valence-corrected chi connectivity index (χ1v) is 13.1. The summed E-state index contributed by atoms with van der Waals surface area (Å²) in [6.07, 6.45) is 2.97. The Bertz CT molecular complexity index is 1550. The van der Waals surface area contributed by atoms with Crippen molar-refractivity contribution in [1.82, 2.24) is 19.5 Å². The number of nitrogens with one attached hydrogen (secondary N) is 1. The Morgan fingerprint density at radius 3 is 2.73 bits per heavy atom. The summed E-state index contributed by atoms with van der Waals surface area (Å²) in [4.78, 5) is 17.0. The first-order valence-electron chi connectivity index (χ1n) is 11.6. The molecule has 1 amide bonds. The van der Waals surface area contributed by atoms with E-state index in [9.17, 15) is 22.9 Å². The van der Waals surface area contributed by atoms with E-state index in [4.69, 9.17) is 9.47 Å². The molecule has 10 nitrogen and oxygen atoms in total. The fraction of sp³-hybridized carbons (Fsp3) is 0.360. The maximum absolute atomic E-state index is 14.9. The molecule has 1 saturated heterocycles. The van der Waals surface area contributed by atoms with Gasteiger partial charge in [0, 0.05) is 26.4 Å². The van der Waals surface area contributed by atoms with E-state index in [1.165, 1.54) is 36.2 Å². The Labute approximate surface area is 213 Å². The number of hydrogen-bond donors (Lipinski definition) is 1. The second kappa shape index (κ2) is 9.33. The molecule has 0 saturated carbocycles. The van der Waals surface area contributed by atoms with Crippen LogP contribution in [0.15, 0.2) is 35.5 Å². The molecule has 0 radical (unpaired) electrons. The number of methoxy groups -OCH3 is 1. The van der Waals surface area contributed by atoms with Crippen molar-refractivity contribution in [3.8, 4) is 17.2 Å². The number of carbonyl (C=O) groups excluding carboxylic acids is 1. The Morgan fingerprint density at radius 1 is 1.30 bits per heavy atom. The summed E-state index contributed by atoms with van der Waals surface area (Å²) < 4.78 is 55.3. The van der Waals surface area contributed by atoms with E-state index < -0.39 is 21.5 Å². The van der Waals surface area contributed by atoms with Crippen LogP contribution in [0.5, 0.6) is 0 Å². The van der Waals surface area contributed by atoms with E-state index in [1.54, 1.807) is 13.1 Å². The third kappa shape index (κ3) is 4.39. The van der Waals surface area contributed by atoms with Crippen LogP contribution in [0.2, 0.25) is 0 Å². The molecule has 37 heavy (non-hydrogen) atoms. The second-order valence-corrected chi connectivity index (χ2v) is 10.8. The van der Waals surface area contributed by atoms with Gasteiger partial charge < -0.3 is 9.47 Å². The van der Waals surface area contributed by atoms with Crippen molar-refractivity contribution in [1.29, 1.82) is 5.26 Å². The minimum absolute atomic E-state index is 0.146. The molecule has 12 heteroatoms. The smallest absolute Gasteiger partial charge is 0.283 e. The quantitative estimate of drug-likeness (QED) is 0.494. The third-order valence-corrected chi connectivity index (χ3v) is 8.14. The number of hydrogen-bond acceptors (Lipinski definition) is 8. The van der Waals surface area contributed by atoms with E-state index in [0.717, 1.165) is 6.42 Å². The van der Waals surface area contributed by atoms with Crippen molar-refractivity contribution in [2.24, 2.45) is 7.05 Å². The molecule has 3 heterocycles. The minimum atomic E-state index is -4.30. The normalized spacial score (nSPS) is 16.1. The van der Waals surface area contributed by atoms with Gasteiger partial charge in [-0.15, -0.1) is 0 Å². The standard InChI is InChI=1S/C25H24FN5O5S/c1-31-22(25(35-2)13-36-14-25)11-24(29-31)37(33,34)30-23(32)10-20-17-4-3-5-18(17)21(26)9-19(20)15-6-7-28-16(8-15)12-27/h6-9,11H,3-5,10,13-14H2,1-2H3,(H,30,32). The first kappa shape index (κ1) is 25.0. The van der Waals surface area contributed by atoms with Gasteiger partial charge in [0.15, 0.2) is 10.6 Å². The highest BCUT2D eigenvalue weighted by atomic mass is 32.2. The van der Waals surface area contributed by atoms with Crippen molar-refractivity contribution in [2.75, 3.05) is 20.3 Å². The molecule has 192 valence electrons. The molecule has 1 N–H and O–H groups in total. The Morgan fingerprint density at radius 2 is 2.05 bits per heavy atom. The summed E-state index contributed by atoms with van der Waals surface area (Å²) in [7, 11) is -1.20. The van der Waals surface area contributed by atoms with Crippen LogP contribution >= 0.6 is 0 Å². The number of halogens is 1. The average molecular weight is 526 g/mol. The van der Waals surface area contributed by atoms with Crippen LogP contribution in [0, 0.1) is 17.1 Å². The van der Waals surface area contributed by atoms with Crippen LogP contribution in [0.4, 0.5) is 4.39 Å². The number of aromatic nitrogens is 3. The van der Waals surface area contributed by atoms with Gasteiger partial charge in [-0.25, -0.2) is 14.1 Å². The van der Waals surface area contributed by atoms with E-state index in [0.29, 0.717) is 46.4 Å². The number of rotatable bonds is 7. The van der Waals surface area contributed by atoms with E-state index in [2.05, 4.69) is 14.8 Å². The lowest BCUT2D eigenvalue weighted by Gasteiger charge is -2.39. The molecule has 1 fully saturated rings. The highest BCUT2D eigenvalue weighted by molar-refractivity contribution is 7.90. The predicted molar refractivity (Wildman–Crippen MR) is 128 cm³/mol. The number of amides is 1. The number of nitriles is 1. The van der Waals surface area contributed by atoms with Gasteiger partial charge in [0.1, 0.15) is 17.6 Å². The molecule has 0 spiro atoms. The summed E-state index contributed by atoms with van der Waals surface area (Å²) in [5.41, 5.74) is 2.58. The molecule has 3 aromatic rings. The van der Waals surface area contributed by atoms with Gasteiger partial charge in [-0.2, -0.15) is 18.8 Å². The van der Waals surface area contributed by atoms with E-state index >= 15 is 0 Å². The number of sulfonamides is 1. The average Bonchev–Trinajstić information content (AvgIpc) is 3.49. The van der Waals surface area contributed by atoms with Crippen molar-refractivity contribution in [2.45, 2.75) is 36.3 Å². The monoisotopic (exact) mass is 525 g/mol. The number of benzene rings is 1. The number of aryl methyl sites for hydroxylation is 1. The van der Waals surface area contributed by atoms with Gasteiger partial charge >= 0.3 is 0 Å². The number of nitrogens with zero attached hydrogens (tertiary/aromatic N) is 4. The number of carbonyl (C=O) groups is 1. The molecular weight excluding hydrogens is 501 g/mol. The molecule has 2 aromatic heterocycles. The van der Waals surface area contributed by atoms with Crippen LogP contribution in [0.25, 0.3) is 11.1 Å². The molecule has 1 aliphatic heterocycles. The summed E-state index contributed by atoms with van der Waals surface area (Å²) in [5, 5.41) is 13.0. The lowest BCUT2D eigenvalue weighted by atomic mass is 9.90. The lowest BCUT2D eigenvalue weighted by Crippen LogP contribution is -2.49. The predicted octanol–water partition coefficient (Wildman–Crippen LogP) is 1.90. The number of pyridine rings is 1. The van der Waals surface area contributed by atoms with Gasteiger partial charge in [-0.1, -0.05) is 0 Å². The molecule has 0 bridgehead atoms. The molecular formula is C25H24FN5O5S. The molecule has 5 rings (SSSR count).